The zero-order chi connectivity index (χ0) is 18.4. The first-order valence-corrected chi connectivity index (χ1v) is 10.7. The average Bonchev–Trinajstić information content (AvgIpc) is 2.51. The third kappa shape index (κ3) is 6.53. The molecular weight excluding hydrogens is 383 g/mol. The van der Waals surface area contributed by atoms with Crippen molar-refractivity contribution in [2.75, 3.05) is 23.7 Å². The van der Waals surface area contributed by atoms with Crippen molar-refractivity contribution in [3.63, 3.8) is 0 Å². The van der Waals surface area contributed by atoms with Crippen LogP contribution >= 0.6 is 23.2 Å². The molecule has 0 saturated carbocycles. The minimum Gasteiger partial charge on any atom is -0.354 e. The maximum absolute atomic E-state index is 12.2. The second-order valence-corrected chi connectivity index (χ2v) is 8.89. The van der Waals surface area contributed by atoms with Crippen molar-refractivity contribution in [1.29, 1.82) is 0 Å². The van der Waals surface area contributed by atoms with Gasteiger partial charge in [-0.2, -0.15) is 0 Å². The highest BCUT2D eigenvalue weighted by atomic mass is 35.5. The fourth-order valence-corrected chi connectivity index (χ4v) is 4.12. The Bertz CT molecular complexity index is 743. The van der Waals surface area contributed by atoms with E-state index in [2.05, 4.69) is 11.4 Å². The van der Waals surface area contributed by atoms with E-state index in [9.17, 15) is 13.2 Å². The van der Waals surface area contributed by atoms with Gasteiger partial charge in [-0.1, -0.05) is 34.9 Å². The lowest BCUT2D eigenvalue weighted by molar-refractivity contribution is -0.119. The summed E-state index contributed by atoms with van der Waals surface area (Å²) >= 11 is 11.9. The predicted molar refractivity (Wildman–Crippen MR) is 103 cm³/mol. The normalized spacial score (nSPS) is 14.8. The van der Waals surface area contributed by atoms with E-state index < -0.39 is 10.0 Å². The predicted octanol–water partition coefficient (Wildman–Crippen LogP) is 3.77. The molecule has 0 heterocycles. The molecule has 0 saturated heterocycles. The standard InChI is InChI=1S/C17H22Cl2N2O3S/c1-25(23,24)21(16-10-14(18)9-15(19)11-16)12-17(22)20-8-7-13-5-3-2-4-6-13/h5,9-11H,2-4,6-8,12H2,1H3,(H,20,22). The number of anilines is 1. The largest absolute Gasteiger partial charge is 0.354 e. The monoisotopic (exact) mass is 404 g/mol. The molecule has 0 fully saturated rings. The summed E-state index contributed by atoms with van der Waals surface area (Å²) in [6.07, 6.45) is 8.66. The molecule has 0 bridgehead atoms. The molecule has 8 heteroatoms. The van der Waals surface area contributed by atoms with Crippen LogP contribution in [0.2, 0.25) is 10.0 Å². The molecule has 1 N–H and O–H groups in total. The summed E-state index contributed by atoms with van der Waals surface area (Å²) in [6, 6.07) is 4.44. The number of rotatable bonds is 7. The second kappa shape index (κ2) is 8.92. The smallest absolute Gasteiger partial charge is 0.240 e. The van der Waals surface area contributed by atoms with E-state index >= 15 is 0 Å². The number of carbonyl (C=O) groups excluding carboxylic acids is 1. The van der Waals surface area contributed by atoms with Gasteiger partial charge in [0.2, 0.25) is 15.9 Å². The highest BCUT2D eigenvalue weighted by Gasteiger charge is 2.21. The van der Waals surface area contributed by atoms with Crippen LogP contribution in [0.25, 0.3) is 0 Å². The van der Waals surface area contributed by atoms with Crippen LogP contribution in [0.3, 0.4) is 0 Å². The van der Waals surface area contributed by atoms with Crippen LogP contribution in [-0.2, 0) is 14.8 Å². The number of benzene rings is 1. The van der Waals surface area contributed by atoms with Crippen LogP contribution in [0.15, 0.2) is 29.8 Å². The molecule has 0 atom stereocenters. The van der Waals surface area contributed by atoms with Crippen LogP contribution < -0.4 is 9.62 Å². The summed E-state index contributed by atoms with van der Waals surface area (Å²) in [5, 5.41) is 3.39. The summed E-state index contributed by atoms with van der Waals surface area (Å²) in [7, 11) is -3.65. The lowest BCUT2D eigenvalue weighted by atomic mass is 9.97. The number of allylic oxidation sites excluding steroid dienone is 1. The topological polar surface area (TPSA) is 66.5 Å². The molecule has 0 aromatic heterocycles. The van der Waals surface area contributed by atoms with Gasteiger partial charge in [-0.15, -0.1) is 0 Å². The Kier molecular flexibility index (Phi) is 7.16. The molecule has 1 aliphatic rings. The first-order valence-electron chi connectivity index (χ1n) is 8.14. The van der Waals surface area contributed by atoms with Gasteiger partial charge in [0.15, 0.2) is 0 Å². The Hall–Kier alpha value is -1.24. The van der Waals surface area contributed by atoms with Crippen molar-refractivity contribution in [3.05, 3.63) is 39.9 Å². The van der Waals surface area contributed by atoms with E-state index in [0.717, 1.165) is 29.8 Å². The lowest BCUT2D eigenvalue weighted by Crippen LogP contribution is -2.40. The van der Waals surface area contributed by atoms with Gasteiger partial charge in [0.05, 0.1) is 11.9 Å². The summed E-state index contributed by atoms with van der Waals surface area (Å²) in [5.41, 5.74) is 1.62. The summed E-state index contributed by atoms with van der Waals surface area (Å²) < 4.78 is 25.1. The Labute approximate surface area is 159 Å². The molecule has 1 aliphatic carbocycles. The molecule has 2 rings (SSSR count). The SMILES string of the molecule is CS(=O)(=O)N(CC(=O)NCCC1=CCCCC1)c1cc(Cl)cc(Cl)c1. The first kappa shape index (κ1) is 20.1. The molecule has 1 aromatic carbocycles. The second-order valence-electron chi connectivity index (χ2n) is 6.11. The lowest BCUT2D eigenvalue weighted by Gasteiger charge is -2.22. The van der Waals surface area contributed by atoms with Crippen molar-refractivity contribution in [1.82, 2.24) is 5.32 Å². The number of carbonyl (C=O) groups is 1. The third-order valence-electron chi connectivity index (χ3n) is 3.98. The minimum absolute atomic E-state index is 0.269. The van der Waals surface area contributed by atoms with Gasteiger partial charge in [0.25, 0.3) is 0 Å². The Balaban J connectivity index is 1.99. The van der Waals surface area contributed by atoms with E-state index in [1.807, 2.05) is 0 Å². The molecule has 0 radical (unpaired) electrons. The number of nitrogens with one attached hydrogen (secondary N) is 1. The molecule has 138 valence electrons. The van der Waals surface area contributed by atoms with Gasteiger partial charge >= 0.3 is 0 Å². The van der Waals surface area contributed by atoms with Crippen LogP contribution in [-0.4, -0.2) is 33.7 Å². The van der Waals surface area contributed by atoms with Crippen molar-refractivity contribution in [2.24, 2.45) is 0 Å². The van der Waals surface area contributed by atoms with Crippen LogP contribution in [0.4, 0.5) is 5.69 Å². The summed E-state index contributed by atoms with van der Waals surface area (Å²) in [5.74, 6) is -0.363. The van der Waals surface area contributed by atoms with Crippen LogP contribution in [0.5, 0.6) is 0 Å². The van der Waals surface area contributed by atoms with Crippen LogP contribution in [0, 0.1) is 0 Å². The molecule has 1 amide bonds. The van der Waals surface area contributed by atoms with Gasteiger partial charge in [-0.25, -0.2) is 8.42 Å². The van der Waals surface area contributed by atoms with Crippen molar-refractivity contribution >= 4 is 44.8 Å². The first-order chi connectivity index (χ1) is 11.8. The molecule has 5 nitrogen and oxygen atoms in total. The maximum Gasteiger partial charge on any atom is 0.240 e. The highest BCUT2D eigenvalue weighted by molar-refractivity contribution is 7.92. The molecule has 0 spiro atoms. The van der Waals surface area contributed by atoms with Gasteiger partial charge in [0, 0.05) is 16.6 Å². The fourth-order valence-electron chi connectivity index (χ4n) is 2.76. The number of sulfonamides is 1. The summed E-state index contributed by atoms with van der Waals surface area (Å²) in [6.45, 7) is 0.188. The average molecular weight is 405 g/mol. The Morgan fingerprint density at radius 3 is 2.44 bits per heavy atom. The third-order valence-corrected chi connectivity index (χ3v) is 5.55. The quantitative estimate of drug-likeness (QED) is 0.703. The summed E-state index contributed by atoms with van der Waals surface area (Å²) in [4.78, 5) is 12.2. The van der Waals surface area contributed by atoms with Crippen LogP contribution in [0.1, 0.15) is 32.1 Å². The number of hydrogen-bond donors (Lipinski definition) is 1. The zero-order valence-electron chi connectivity index (χ0n) is 14.1. The fraction of sp³-hybridized carbons (Fsp3) is 0.471. The minimum atomic E-state index is -3.65. The molecular formula is C17H22Cl2N2O3S. The van der Waals surface area contributed by atoms with E-state index in [-0.39, 0.29) is 18.1 Å². The number of amides is 1. The van der Waals surface area contributed by atoms with Gasteiger partial charge in [-0.3, -0.25) is 9.10 Å². The maximum atomic E-state index is 12.2. The molecule has 0 unspecified atom stereocenters. The van der Waals surface area contributed by atoms with Gasteiger partial charge in [-0.05, 0) is 50.3 Å². The molecule has 0 aliphatic heterocycles. The van der Waals surface area contributed by atoms with E-state index in [1.165, 1.54) is 36.6 Å². The van der Waals surface area contributed by atoms with Gasteiger partial charge in [0.1, 0.15) is 6.54 Å². The van der Waals surface area contributed by atoms with E-state index in [4.69, 9.17) is 23.2 Å². The van der Waals surface area contributed by atoms with E-state index in [1.54, 1.807) is 0 Å². The van der Waals surface area contributed by atoms with Crippen molar-refractivity contribution in [3.8, 4) is 0 Å². The zero-order valence-corrected chi connectivity index (χ0v) is 16.4. The van der Waals surface area contributed by atoms with Gasteiger partial charge < -0.3 is 5.32 Å². The Morgan fingerprint density at radius 2 is 1.88 bits per heavy atom. The number of halogens is 2. The number of hydrogen-bond acceptors (Lipinski definition) is 3. The van der Waals surface area contributed by atoms with Crippen molar-refractivity contribution in [2.45, 2.75) is 32.1 Å². The van der Waals surface area contributed by atoms with Crippen molar-refractivity contribution < 1.29 is 13.2 Å². The highest BCUT2D eigenvalue weighted by Crippen LogP contribution is 2.27. The molecule has 1 aromatic rings. The number of nitrogens with zero attached hydrogens (tertiary/aromatic N) is 1. The Morgan fingerprint density at radius 1 is 1.20 bits per heavy atom. The van der Waals surface area contributed by atoms with E-state index in [0.29, 0.717) is 16.6 Å². The molecule has 25 heavy (non-hydrogen) atoms.